The van der Waals surface area contributed by atoms with Gasteiger partial charge in [0.1, 0.15) is 0 Å². The molecular weight excluding hydrogens is 279 g/mol. The number of hydrogen-bond donors (Lipinski definition) is 1. The molecule has 0 aliphatic heterocycles. The summed E-state index contributed by atoms with van der Waals surface area (Å²) in [4.78, 5) is 22.3. The van der Waals surface area contributed by atoms with E-state index in [9.17, 15) is 14.7 Å². The van der Waals surface area contributed by atoms with E-state index in [2.05, 4.69) is 5.10 Å². The van der Waals surface area contributed by atoms with Crippen molar-refractivity contribution in [2.75, 3.05) is 0 Å². The highest BCUT2D eigenvalue weighted by molar-refractivity contribution is 6.35. The van der Waals surface area contributed by atoms with Crippen LogP contribution in [0.25, 0.3) is 5.69 Å². The Balaban J connectivity index is 2.71. The van der Waals surface area contributed by atoms with E-state index in [1.807, 2.05) is 0 Å². The molecule has 92 valence electrons. The van der Waals surface area contributed by atoms with Gasteiger partial charge in [0.15, 0.2) is 17.7 Å². The van der Waals surface area contributed by atoms with Crippen LogP contribution in [-0.4, -0.2) is 21.2 Å². The second-order valence-electron chi connectivity index (χ2n) is 3.38. The van der Waals surface area contributed by atoms with Gasteiger partial charge < -0.3 is 5.11 Å². The monoisotopic (exact) mass is 284 g/mol. The molecule has 1 aromatic heterocycles. The first-order valence-electron chi connectivity index (χ1n) is 4.77. The van der Waals surface area contributed by atoms with Gasteiger partial charge in [-0.25, -0.2) is 0 Å². The van der Waals surface area contributed by atoms with Crippen molar-refractivity contribution in [1.82, 2.24) is 9.78 Å². The fourth-order valence-electron chi connectivity index (χ4n) is 1.37. The Morgan fingerprint density at radius 2 is 2.00 bits per heavy atom. The summed E-state index contributed by atoms with van der Waals surface area (Å²) in [5.41, 5.74) is -0.586. The second-order valence-corrected chi connectivity index (χ2v) is 4.22. The van der Waals surface area contributed by atoms with Crippen LogP contribution < -0.4 is 5.56 Å². The molecule has 0 saturated carbocycles. The first-order chi connectivity index (χ1) is 8.52. The lowest BCUT2D eigenvalue weighted by Gasteiger charge is -2.07. The standard InChI is InChI=1S/C11H6Cl2N2O3/c12-6-1-2-9(7(13)3-6)15-11(18)4-10(17)8(5-16)14-15/h1-5,17H. The molecule has 7 heteroatoms. The van der Waals surface area contributed by atoms with Crippen molar-refractivity contribution < 1.29 is 9.90 Å². The minimum atomic E-state index is -0.609. The number of hydrogen-bond acceptors (Lipinski definition) is 4. The summed E-state index contributed by atoms with van der Waals surface area (Å²) >= 11 is 11.7. The molecule has 0 atom stereocenters. The molecule has 2 aromatic rings. The summed E-state index contributed by atoms with van der Waals surface area (Å²) in [6, 6.07) is 5.36. The van der Waals surface area contributed by atoms with Crippen molar-refractivity contribution in [2.45, 2.75) is 0 Å². The highest BCUT2D eigenvalue weighted by Crippen LogP contribution is 2.23. The number of halogens is 2. The van der Waals surface area contributed by atoms with E-state index >= 15 is 0 Å². The minimum Gasteiger partial charge on any atom is -0.505 e. The van der Waals surface area contributed by atoms with Gasteiger partial charge in [0, 0.05) is 11.1 Å². The lowest BCUT2D eigenvalue weighted by atomic mass is 10.3. The van der Waals surface area contributed by atoms with Gasteiger partial charge in [0.2, 0.25) is 0 Å². The zero-order valence-electron chi connectivity index (χ0n) is 8.80. The molecule has 0 fully saturated rings. The van der Waals surface area contributed by atoms with Crippen LogP contribution >= 0.6 is 23.2 Å². The first kappa shape index (κ1) is 12.6. The Hall–Kier alpha value is -1.85. The summed E-state index contributed by atoms with van der Waals surface area (Å²) in [6.07, 6.45) is 0.342. The molecule has 0 spiro atoms. The molecule has 2 rings (SSSR count). The Kier molecular flexibility index (Phi) is 3.36. The molecule has 5 nitrogen and oxygen atoms in total. The average molecular weight is 285 g/mol. The van der Waals surface area contributed by atoms with Gasteiger partial charge in [0.05, 0.1) is 10.7 Å². The predicted molar refractivity (Wildman–Crippen MR) is 66.9 cm³/mol. The maximum Gasteiger partial charge on any atom is 0.275 e. The molecule has 0 aliphatic carbocycles. The maximum atomic E-state index is 11.7. The number of aromatic hydroxyl groups is 1. The summed E-state index contributed by atoms with van der Waals surface area (Å²) in [7, 11) is 0. The normalized spacial score (nSPS) is 10.3. The summed E-state index contributed by atoms with van der Waals surface area (Å²) in [5, 5.41) is 13.6. The molecule has 0 radical (unpaired) electrons. The molecule has 0 bridgehead atoms. The number of benzene rings is 1. The fraction of sp³-hybridized carbons (Fsp3) is 0. The molecule has 0 unspecified atom stereocenters. The molecular formula is C11H6Cl2N2O3. The number of nitrogens with zero attached hydrogens (tertiary/aromatic N) is 2. The number of carbonyl (C=O) groups is 1. The van der Waals surface area contributed by atoms with E-state index in [1.165, 1.54) is 18.2 Å². The number of aldehydes is 1. The van der Waals surface area contributed by atoms with Crippen LogP contribution in [0.1, 0.15) is 10.5 Å². The van der Waals surface area contributed by atoms with Crippen molar-refractivity contribution in [3.8, 4) is 11.4 Å². The Morgan fingerprint density at radius 3 is 2.61 bits per heavy atom. The van der Waals surface area contributed by atoms with E-state index in [0.717, 1.165) is 10.7 Å². The molecule has 1 heterocycles. The topological polar surface area (TPSA) is 72.2 Å². The molecule has 0 amide bonds. The fourth-order valence-corrected chi connectivity index (χ4v) is 1.86. The summed E-state index contributed by atoms with van der Waals surface area (Å²) in [6.45, 7) is 0. The Labute approximate surface area is 111 Å². The summed E-state index contributed by atoms with van der Waals surface area (Å²) < 4.78 is 0.919. The van der Waals surface area contributed by atoms with E-state index in [-0.39, 0.29) is 16.4 Å². The van der Waals surface area contributed by atoms with E-state index in [4.69, 9.17) is 23.2 Å². The van der Waals surface area contributed by atoms with Crippen molar-refractivity contribution in [3.05, 3.63) is 50.4 Å². The van der Waals surface area contributed by atoms with E-state index < -0.39 is 11.3 Å². The van der Waals surface area contributed by atoms with Gasteiger partial charge in [-0.15, -0.1) is 0 Å². The van der Waals surface area contributed by atoms with Gasteiger partial charge in [-0.1, -0.05) is 23.2 Å². The molecule has 0 aliphatic rings. The van der Waals surface area contributed by atoms with Crippen molar-refractivity contribution in [1.29, 1.82) is 0 Å². The second kappa shape index (κ2) is 4.80. The maximum absolute atomic E-state index is 11.7. The van der Waals surface area contributed by atoms with Gasteiger partial charge >= 0.3 is 0 Å². The quantitative estimate of drug-likeness (QED) is 0.857. The highest BCUT2D eigenvalue weighted by atomic mass is 35.5. The SMILES string of the molecule is O=Cc1nn(-c2ccc(Cl)cc2Cl)c(=O)cc1O. The van der Waals surface area contributed by atoms with Crippen LogP contribution in [0.15, 0.2) is 29.1 Å². The van der Waals surface area contributed by atoms with Crippen molar-refractivity contribution in [2.24, 2.45) is 0 Å². The number of aromatic nitrogens is 2. The predicted octanol–water partition coefficient (Wildman–Crippen LogP) is 2.06. The minimum absolute atomic E-state index is 0.208. The first-order valence-corrected chi connectivity index (χ1v) is 5.52. The van der Waals surface area contributed by atoms with Gasteiger partial charge in [-0.05, 0) is 18.2 Å². The molecule has 0 saturated heterocycles. The smallest absolute Gasteiger partial charge is 0.275 e. The Morgan fingerprint density at radius 1 is 1.28 bits per heavy atom. The number of rotatable bonds is 2. The van der Waals surface area contributed by atoms with Gasteiger partial charge in [-0.2, -0.15) is 9.78 Å². The van der Waals surface area contributed by atoms with Gasteiger partial charge in [-0.3, -0.25) is 9.59 Å². The Bertz CT molecular complexity index is 682. The van der Waals surface area contributed by atoms with Crippen LogP contribution in [0.3, 0.4) is 0 Å². The third kappa shape index (κ3) is 2.23. The molecule has 18 heavy (non-hydrogen) atoms. The van der Waals surface area contributed by atoms with Crippen molar-refractivity contribution in [3.63, 3.8) is 0 Å². The highest BCUT2D eigenvalue weighted by Gasteiger charge is 2.11. The third-order valence-electron chi connectivity index (χ3n) is 2.19. The van der Waals surface area contributed by atoms with Gasteiger partial charge in [0.25, 0.3) is 5.56 Å². The van der Waals surface area contributed by atoms with Crippen molar-refractivity contribution >= 4 is 29.5 Å². The van der Waals surface area contributed by atoms with Crippen LogP contribution in [0, 0.1) is 0 Å². The lowest BCUT2D eigenvalue weighted by Crippen LogP contribution is -2.21. The summed E-state index contributed by atoms with van der Waals surface area (Å²) in [5.74, 6) is -0.476. The van der Waals surface area contributed by atoms with Crippen LogP contribution in [0.5, 0.6) is 5.75 Å². The zero-order chi connectivity index (χ0) is 13.3. The van der Waals surface area contributed by atoms with Crippen LogP contribution in [0.2, 0.25) is 10.0 Å². The van der Waals surface area contributed by atoms with Crippen LogP contribution in [-0.2, 0) is 0 Å². The van der Waals surface area contributed by atoms with Crippen LogP contribution in [0.4, 0.5) is 0 Å². The molecule has 1 aromatic carbocycles. The molecule has 1 N–H and O–H groups in total. The average Bonchev–Trinajstić information content (AvgIpc) is 2.30. The third-order valence-corrected chi connectivity index (χ3v) is 2.73. The lowest BCUT2D eigenvalue weighted by molar-refractivity contribution is 0.111. The number of carbonyl (C=O) groups excluding carboxylic acids is 1. The van der Waals surface area contributed by atoms with E-state index in [0.29, 0.717) is 11.3 Å². The zero-order valence-corrected chi connectivity index (χ0v) is 10.3. The van der Waals surface area contributed by atoms with E-state index in [1.54, 1.807) is 0 Å². The largest absolute Gasteiger partial charge is 0.505 e.